The zero-order chi connectivity index (χ0) is 19.6. The minimum atomic E-state index is -3.87. The molecule has 0 amide bonds. The number of sulfonamides is 1. The lowest BCUT2D eigenvalue weighted by Crippen LogP contribution is -2.30. The van der Waals surface area contributed by atoms with Gasteiger partial charge in [0.15, 0.2) is 0 Å². The van der Waals surface area contributed by atoms with Crippen molar-refractivity contribution in [1.29, 1.82) is 0 Å². The van der Waals surface area contributed by atoms with Crippen molar-refractivity contribution >= 4 is 27.3 Å². The van der Waals surface area contributed by atoms with Gasteiger partial charge in [-0.25, -0.2) is 22.9 Å². The van der Waals surface area contributed by atoms with Gasteiger partial charge in [-0.15, -0.1) is 11.3 Å². The van der Waals surface area contributed by atoms with Crippen molar-refractivity contribution in [2.75, 3.05) is 14.2 Å². The van der Waals surface area contributed by atoms with Crippen LogP contribution in [0.5, 0.6) is 0 Å². The molecule has 1 atom stereocenters. The van der Waals surface area contributed by atoms with Gasteiger partial charge in [0, 0.05) is 13.1 Å². The number of aromatic nitrogens is 3. The van der Waals surface area contributed by atoms with Crippen LogP contribution in [0.25, 0.3) is 5.69 Å². The van der Waals surface area contributed by atoms with Crippen molar-refractivity contribution in [2.45, 2.75) is 17.9 Å². The summed E-state index contributed by atoms with van der Waals surface area (Å²) in [5.74, 6) is -0.665. The maximum Gasteiger partial charge on any atom is 0.349 e. The summed E-state index contributed by atoms with van der Waals surface area (Å²) in [5.41, 5.74) is 1.62. The summed E-state index contributed by atoms with van der Waals surface area (Å²) in [6.45, 7) is 1.78. The number of benzene rings is 1. The molecule has 3 aromatic rings. The fraction of sp³-hybridized carbons (Fsp3) is 0.235. The van der Waals surface area contributed by atoms with Crippen LogP contribution < -0.4 is 0 Å². The predicted molar refractivity (Wildman–Crippen MR) is 100 cm³/mol. The van der Waals surface area contributed by atoms with Gasteiger partial charge in [0.2, 0.25) is 10.0 Å². The number of hydrogen-bond donors (Lipinski definition) is 0. The molecule has 0 fully saturated rings. The van der Waals surface area contributed by atoms with E-state index in [1.807, 2.05) is 24.3 Å². The largest absolute Gasteiger partial charge is 0.465 e. The Morgan fingerprint density at radius 2 is 1.96 bits per heavy atom. The maximum atomic E-state index is 13.0. The van der Waals surface area contributed by atoms with Crippen LogP contribution in [0.2, 0.25) is 0 Å². The minimum Gasteiger partial charge on any atom is -0.465 e. The molecule has 2 aromatic heterocycles. The smallest absolute Gasteiger partial charge is 0.349 e. The molecule has 10 heteroatoms. The minimum absolute atomic E-state index is 0.0482. The zero-order valence-electron chi connectivity index (χ0n) is 14.9. The number of carbonyl (C=O) groups excluding carboxylic acids is 1. The Morgan fingerprint density at radius 3 is 2.56 bits per heavy atom. The van der Waals surface area contributed by atoms with Crippen LogP contribution in [0.4, 0.5) is 0 Å². The van der Waals surface area contributed by atoms with Gasteiger partial charge in [0.1, 0.15) is 22.4 Å². The molecule has 1 aromatic carbocycles. The van der Waals surface area contributed by atoms with E-state index in [4.69, 9.17) is 0 Å². The van der Waals surface area contributed by atoms with Crippen LogP contribution >= 0.6 is 11.3 Å². The van der Waals surface area contributed by atoms with Crippen LogP contribution in [0, 0.1) is 0 Å². The molecular weight excluding hydrogens is 388 g/mol. The molecule has 0 saturated heterocycles. The Kier molecular flexibility index (Phi) is 5.40. The first-order valence-electron chi connectivity index (χ1n) is 7.95. The SMILES string of the molecule is COC(=O)c1sccc1S(=O)(=O)N(C)[C@H](C)c1ccc(-n2cncn2)cc1. The van der Waals surface area contributed by atoms with Crippen LogP contribution in [0.3, 0.4) is 0 Å². The Hall–Kier alpha value is -2.56. The second-order valence-electron chi connectivity index (χ2n) is 5.73. The van der Waals surface area contributed by atoms with Gasteiger partial charge in [0.05, 0.1) is 12.8 Å². The monoisotopic (exact) mass is 406 g/mol. The number of hydrogen-bond acceptors (Lipinski definition) is 7. The molecule has 3 rings (SSSR count). The molecule has 0 saturated carbocycles. The van der Waals surface area contributed by atoms with Crippen molar-refractivity contribution in [3.8, 4) is 5.69 Å². The number of nitrogens with zero attached hydrogens (tertiary/aromatic N) is 4. The van der Waals surface area contributed by atoms with E-state index >= 15 is 0 Å². The number of esters is 1. The fourth-order valence-electron chi connectivity index (χ4n) is 2.56. The standard InChI is InChI=1S/C17H18N4O4S2/c1-12(13-4-6-14(7-5-13)21-11-18-10-19-21)20(2)27(23,24)15-8-9-26-16(15)17(22)25-3/h4-12H,1-3H3/t12-/m1/s1. The van der Waals surface area contributed by atoms with Gasteiger partial charge in [-0.3, -0.25) is 0 Å². The number of ether oxygens (including phenoxy) is 1. The summed E-state index contributed by atoms with van der Waals surface area (Å²) in [6.07, 6.45) is 3.02. The number of thiophene rings is 1. The predicted octanol–water partition coefficient (Wildman–Crippen LogP) is 2.50. The van der Waals surface area contributed by atoms with E-state index < -0.39 is 22.0 Å². The highest BCUT2D eigenvalue weighted by molar-refractivity contribution is 7.89. The third kappa shape index (κ3) is 3.64. The lowest BCUT2D eigenvalue weighted by atomic mass is 10.1. The van der Waals surface area contributed by atoms with E-state index in [-0.39, 0.29) is 9.77 Å². The summed E-state index contributed by atoms with van der Waals surface area (Å²) < 4.78 is 33.5. The van der Waals surface area contributed by atoms with E-state index in [0.717, 1.165) is 22.6 Å². The maximum absolute atomic E-state index is 13.0. The quantitative estimate of drug-likeness (QED) is 0.584. The lowest BCUT2D eigenvalue weighted by molar-refractivity contribution is 0.0602. The Balaban J connectivity index is 1.87. The first-order valence-corrected chi connectivity index (χ1v) is 10.3. The Labute approximate surface area is 161 Å². The molecule has 0 N–H and O–H groups in total. The zero-order valence-corrected chi connectivity index (χ0v) is 16.6. The summed E-state index contributed by atoms with van der Waals surface area (Å²) in [4.78, 5) is 15.8. The van der Waals surface area contributed by atoms with Gasteiger partial charge in [-0.1, -0.05) is 12.1 Å². The normalized spacial score (nSPS) is 12.9. The van der Waals surface area contributed by atoms with E-state index in [2.05, 4.69) is 14.8 Å². The van der Waals surface area contributed by atoms with Gasteiger partial charge in [0.25, 0.3) is 0 Å². The van der Waals surface area contributed by atoms with Crippen molar-refractivity contribution in [2.24, 2.45) is 0 Å². The molecule has 0 bridgehead atoms. The molecule has 0 radical (unpaired) electrons. The van der Waals surface area contributed by atoms with E-state index in [0.29, 0.717) is 0 Å². The van der Waals surface area contributed by atoms with Crippen LogP contribution in [0.15, 0.2) is 53.3 Å². The van der Waals surface area contributed by atoms with E-state index in [1.165, 1.54) is 30.9 Å². The fourth-order valence-corrected chi connectivity index (χ4v) is 5.22. The van der Waals surface area contributed by atoms with Gasteiger partial charge >= 0.3 is 5.97 Å². The summed E-state index contributed by atoms with van der Waals surface area (Å²) in [6, 6.07) is 8.33. The number of methoxy groups -OCH3 is 1. The molecule has 8 nitrogen and oxygen atoms in total. The highest BCUT2D eigenvalue weighted by atomic mass is 32.2. The molecule has 142 valence electrons. The second-order valence-corrected chi connectivity index (χ2v) is 8.62. The first kappa shape index (κ1) is 19.2. The molecule has 27 heavy (non-hydrogen) atoms. The average Bonchev–Trinajstić information content (AvgIpc) is 3.38. The lowest BCUT2D eigenvalue weighted by Gasteiger charge is -2.24. The number of rotatable bonds is 6. The third-order valence-electron chi connectivity index (χ3n) is 4.26. The Morgan fingerprint density at radius 1 is 1.26 bits per heavy atom. The molecule has 0 unspecified atom stereocenters. The van der Waals surface area contributed by atoms with Crippen molar-refractivity contribution in [3.05, 3.63) is 58.8 Å². The average molecular weight is 406 g/mol. The summed E-state index contributed by atoms with van der Waals surface area (Å²) >= 11 is 1.04. The van der Waals surface area contributed by atoms with Crippen LogP contribution in [0.1, 0.15) is 28.2 Å². The number of carbonyl (C=O) groups is 1. The van der Waals surface area contributed by atoms with Crippen molar-refractivity contribution in [1.82, 2.24) is 19.1 Å². The third-order valence-corrected chi connectivity index (χ3v) is 7.26. The molecule has 0 spiro atoms. The molecule has 0 aliphatic heterocycles. The topological polar surface area (TPSA) is 94.4 Å². The van der Waals surface area contributed by atoms with Gasteiger partial charge < -0.3 is 4.74 Å². The highest BCUT2D eigenvalue weighted by Crippen LogP contribution is 2.30. The molecular formula is C17H18N4O4S2. The molecule has 0 aliphatic carbocycles. The van der Waals surface area contributed by atoms with Crippen molar-refractivity contribution < 1.29 is 17.9 Å². The van der Waals surface area contributed by atoms with Crippen LogP contribution in [-0.4, -0.2) is 47.6 Å². The van der Waals surface area contributed by atoms with Gasteiger partial charge in [-0.2, -0.15) is 9.40 Å². The first-order chi connectivity index (χ1) is 12.9. The van der Waals surface area contributed by atoms with E-state index in [1.54, 1.807) is 23.3 Å². The highest BCUT2D eigenvalue weighted by Gasteiger charge is 2.31. The van der Waals surface area contributed by atoms with Crippen molar-refractivity contribution in [3.63, 3.8) is 0 Å². The molecule has 0 aliphatic rings. The van der Waals surface area contributed by atoms with Gasteiger partial charge in [-0.05, 0) is 36.1 Å². The summed E-state index contributed by atoms with van der Waals surface area (Å²) in [5, 5.41) is 5.62. The Bertz CT molecular complexity index is 1030. The van der Waals surface area contributed by atoms with Crippen LogP contribution in [-0.2, 0) is 14.8 Å². The molecule has 2 heterocycles. The van der Waals surface area contributed by atoms with E-state index in [9.17, 15) is 13.2 Å². The summed E-state index contributed by atoms with van der Waals surface area (Å²) in [7, 11) is -1.15. The second kappa shape index (κ2) is 7.59.